The number of hydrogen-bond acceptors (Lipinski definition) is 17. The van der Waals surface area contributed by atoms with Crippen molar-refractivity contribution >= 4 is 59.1 Å². The molecule has 4 aromatic heterocycles. The molecule has 20 heteroatoms. The molecule has 0 saturated heterocycles. The number of carbonyl (C=O) groups excluding carboxylic acids is 6. The summed E-state index contributed by atoms with van der Waals surface area (Å²) in [6.07, 6.45) is -2.83. The second kappa shape index (κ2) is 27.3. The number of imide groups is 1. The molecule has 0 atom stereocenters. The van der Waals surface area contributed by atoms with Gasteiger partial charge in [0.05, 0.1) is 28.5 Å². The Kier molecular flexibility index (Phi) is 24.0. The van der Waals surface area contributed by atoms with Crippen LogP contribution in [0.25, 0.3) is 0 Å². The Balaban J connectivity index is 0.000000540. The first-order chi connectivity index (χ1) is 35.0. The second-order valence-corrected chi connectivity index (χ2v) is 24.4. The van der Waals surface area contributed by atoms with Crippen LogP contribution in [-0.4, -0.2) is 89.9 Å². The number of ether oxygens (including phenoxy) is 6. The van der Waals surface area contributed by atoms with Crippen LogP contribution in [0.5, 0.6) is 0 Å². The lowest BCUT2D eigenvalue weighted by Gasteiger charge is -2.28. The molecule has 4 amide bonds. The van der Waals surface area contributed by atoms with Crippen molar-refractivity contribution in [1.82, 2.24) is 19.9 Å². The summed E-state index contributed by atoms with van der Waals surface area (Å²) in [6, 6.07) is 10.2. The molecule has 0 unspecified atom stereocenters. The summed E-state index contributed by atoms with van der Waals surface area (Å²) in [6.45, 7) is 46.1. The number of nitrogens with one attached hydrogen (secondary N) is 2. The van der Waals surface area contributed by atoms with Gasteiger partial charge in [0.25, 0.3) is 0 Å². The lowest BCUT2D eigenvalue weighted by molar-refractivity contribution is 0.00563. The normalized spacial score (nSPS) is 11.6. The van der Waals surface area contributed by atoms with E-state index in [1.165, 1.54) is 0 Å². The van der Waals surface area contributed by atoms with Gasteiger partial charge in [-0.25, -0.2) is 28.8 Å². The van der Waals surface area contributed by atoms with E-state index >= 15 is 0 Å². The predicted octanol–water partition coefficient (Wildman–Crippen LogP) is 13.7. The highest BCUT2D eigenvalue weighted by Gasteiger charge is 2.33. The van der Waals surface area contributed by atoms with Crippen LogP contribution in [0.3, 0.4) is 0 Å². The SMILES string of the molecule is Cc1cc(N(C(=O)OC(C)(C)C)C(=O)OC(C)(C)C)cc(C)n1.Cc1cc(N)cc(C)n1.Cc1cc(NC(=O)OC(C)(C)C)c(C(=O)OC(C)(C)C)c(C)n1.Cc1cc(NC(=O)OC(C)(C)C)c(C(=O)OC(C)(C)C)c(C)n1. The van der Waals surface area contributed by atoms with Crippen LogP contribution in [0, 0.1) is 55.4 Å². The van der Waals surface area contributed by atoms with Gasteiger partial charge in [-0.1, -0.05) is 0 Å². The lowest BCUT2D eigenvalue weighted by atomic mass is 10.1. The van der Waals surface area contributed by atoms with E-state index in [1.807, 2.05) is 26.0 Å². The first kappa shape index (κ1) is 68.6. The molecule has 0 spiro atoms. The number of esters is 2. The predicted molar refractivity (Wildman–Crippen MR) is 304 cm³/mol. The Morgan fingerprint density at radius 2 is 0.641 bits per heavy atom. The zero-order valence-electron chi connectivity index (χ0n) is 51.2. The van der Waals surface area contributed by atoms with E-state index in [2.05, 4.69) is 30.6 Å². The summed E-state index contributed by atoms with van der Waals surface area (Å²) in [4.78, 5) is 91.7. The molecule has 432 valence electrons. The first-order valence-electron chi connectivity index (χ1n) is 25.4. The molecule has 0 bridgehead atoms. The monoisotopic (exact) mass is 1090 g/mol. The molecule has 0 saturated carbocycles. The number of hydrogen-bond donors (Lipinski definition) is 3. The molecule has 4 N–H and O–H groups in total. The Hall–Kier alpha value is -7.38. The van der Waals surface area contributed by atoms with Crippen LogP contribution < -0.4 is 21.3 Å². The molecule has 0 radical (unpaired) electrons. The minimum absolute atomic E-state index is 0.233. The topological polar surface area (TPSA) is 263 Å². The molecule has 0 aliphatic heterocycles. The van der Waals surface area contributed by atoms with E-state index in [-0.39, 0.29) is 11.1 Å². The van der Waals surface area contributed by atoms with Crippen LogP contribution in [0.1, 0.15) is 191 Å². The maximum atomic E-state index is 12.5. The number of aryl methyl sites for hydroxylation is 8. The molecular weight excluding hydrogens is 1000 g/mol. The number of rotatable bonds is 5. The maximum Gasteiger partial charge on any atom is 0.424 e. The highest BCUT2D eigenvalue weighted by Crippen LogP contribution is 2.27. The first-order valence-corrected chi connectivity index (χ1v) is 25.4. The van der Waals surface area contributed by atoms with E-state index in [0.717, 1.165) is 22.0 Å². The third kappa shape index (κ3) is 27.6. The molecular formula is C58H88N8O12. The van der Waals surface area contributed by atoms with E-state index in [9.17, 15) is 28.8 Å². The Morgan fingerprint density at radius 1 is 0.385 bits per heavy atom. The summed E-state index contributed by atoms with van der Waals surface area (Å²) < 4.78 is 31.9. The van der Waals surface area contributed by atoms with Crippen molar-refractivity contribution < 1.29 is 57.2 Å². The largest absolute Gasteiger partial charge is 0.456 e. The lowest BCUT2D eigenvalue weighted by Crippen LogP contribution is -2.43. The van der Waals surface area contributed by atoms with Gasteiger partial charge >= 0.3 is 36.3 Å². The number of anilines is 4. The van der Waals surface area contributed by atoms with Crippen molar-refractivity contribution in [3.05, 3.63) is 93.1 Å². The fourth-order valence-corrected chi connectivity index (χ4v) is 6.56. The molecule has 0 aromatic carbocycles. The molecule has 20 nitrogen and oxygen atoms in total. The quantitative estimate of drug-likeness (QED) is 0.124. The van der Waals surface area contributed by atoms with Gasteiger partial charge in [0.1, 0.15) is 44.7 Å². The molecule has 4 aromatic rings. The van der Waals surface area contributed by atoms with Crippen molar-refractivity contribution in [3.8, 4) is 0 Å². The number of carbonyl (C=O) groups is 6. The minimum Gasteiger partial charge on any atom is -0.456 e. The van der Waals surface area contributed by atoms with Crippen molar-refractivity contribution in [2.75, 3.05) is 21.3 Å². The fraction of sp³-hybridized carbons (Fsp3) is 0.552. The number of amides is 4. The minimum atomic E-state index is -0.781. The van der Waals surface area contributed by atoms with Gasteiger partial charge in [-0.3, -0.25) is 30.6 Å². The van der Waals surface area contributed by atoms with Crippen molar-refractivity contribution in [1.29, 1.82) is 0 Å². The third-order valence-electron chi connectivity index (χ3n) is 8.71. The Morgan fingerprint density at radius 3 is 0.897 bits per heavy atom. The van der Waals surface area contributed by atoms with E-state index in [4.69, 9.17) is 34.2 Å². The van der Waals surface area contributed by atoms with Crippen LogP contribution in [-0.2, 0) is 28.4 Å². The van der Waals surface area contributed by atoms with Crippen LogP contribution >= 0.6 is 0 Å². The Labute approximate surface area is 462 Å². The number of nitrogens with two attached hydrogens (primary N) is 1. The Bertz CT molecular complexity index is 2560. The van der Waals surface area contributed by atoms with Gasteiger partial charge in [0, 0.05) is 39.9 Å². The number of nitrogens with zero attached hydrogens (tertiary/aromatic N) is 5. The summed E-state index contributed by atoms with van der Waals surface area (Å²) in [5.41, 5.74) is 9.50. The zero-order chi connectivity index (χ0) is 60.9. The summed E-state index contributed by atoms with van der Waals surface area (Å²) in [5, 5.41) is 5.23. The van der Waals surface area contributed by atoms with Crippen LogP contribution in [0.4, 0.5) is 41.9 Å². The summed E-state index contributed by atoms with van der Waals surface area (Å²) >= 11 is 0. The average molecular weight is 1090 g/mol. The van der Waals surface area contributed by atoms with Gasteiger partial charge in [0.2, 0.25) is 0 Å². The number of aromatic nitrogens is 4. The average Bonchev–Trinajstić information content (AvgIpc) is 3.13. The zero-order valence-corrected chi connectivity index (χ0v) is 51.2. The number of nitrogen functional groups attached to an aromatic ring is 1. The molecule has 4 heterocycles. The molecule has 78 heavy (non-hydrogen) atoms. The summed E-state index contributed by atoms with van der Waals surface area (Å²) in [5.74, 6) is -1.07. The van der Waals surface area contributed by atoms with Crippen LogP contribution in [0.2, 0.25) is 0 Å². The van der Waals surface area contributed by atoms with Crippen LogP contribution in [0.15, 0.2) is 36.4 Å². The van der Waals surface area contributed by atoms with Crippen molar-refractivity contribution in [3.63, 3.8) is 0 Å². The summed E-state index contributed by atoms with van der Waals surface area (Å²) in [7, 11) is 0. The standard InChI is InChI=1S/3C17H26N2O4.C7H10N2/c1-11-9-13(10-12(2)18-11)19(14(20)22-16(3,4)5)15(21)23-17(6,7)8;2*1-10-9-12(19-15(21)23-17(6,7)8)13(11(2)18-10)14(20)22-16(3,4)5;1-5-3-7(8)4-6(2)9-5/h9-10H,1-8H3;2*9H,1-8H3,(H,18,19,21);3-4H,1-2H3,(H2,8,9). The smallest absolute Gasteiger partial charge is 0.424 e. The second-order valence-electron chi connectivity index (χ2n) is 24.4. The van der Waals surface area contributed by atoms with Gasteiger partial charge < -0.3 is 34.2 Å². The van der Waals surface area contributed by atoms with E-state index < -0.39 is 69.9 Å². The van der Waals surface area contributed by atoms with Crippen molar-refractivity contribution in [2.45, 2.75) is 214 Å². The fourth-order valence-electron chi connectivity index (χ4n) is 6.56. The van der Waals surface area contributed by atoms with Gasteiger partial charge in [0.15, 0.2) is 0 Å². The van der Waals surface area contributed by atoms with Gasteiger partial charge in [-0.15, -0.1) is 0 Å². The van der Waals surface area contributed by atoms with Crippen molar-refractivity contribution in [2.24, 2.45) is 0 Å². The van der Waals surface area contributed by atoms with Gasteiger partial charge in [-0.2, -0.15) is 4.90 Å². The molecule has 0 aliphatic carbocycles. The molecule has 4 rings (SSSR count). The molecule has 0 fully saturated rings. The highest BCUT2D eigenvalue weighted by molar-refractivity contribution is 6.09. The van der Waals surface area contributed by atoms with Gasteiger partial charge in [-0.05, 0) is 216 Å². The number of pyridine rings is 4. The maximum absolute atomic E-state index is 12.5. The molecule has 0 aliphatic rings. The highest BCUT2D eigenvalue weighted by atomic mass is 16.6. The van der Waals surface area contributed by atoms with E-state index in [1.54, 1.807) is 190 Å². The third-order valence-corrected chi connectivity index (χ3v) is 8.71. The van der Waals surface area contributed by atoms with E-state index in [0.29, 0.717) is 51.2 Å².